The number of Topliss-reactive ketones (excluding diaryl/α,β-unsaturated/α-hetero) is 1. The van der Waals surface area contributed by atoms with E-state index in [-0.39, 0.29) is 36.7 Å². The van der Waals surface area contributed by atoms with Gasteiger partial charge in [-0.05, 0) is 80.0 Å². The number of benzene rings is 2. The number of fused-ring (bicyclic) bond motifs is 1. The van der Waals surface area contributed by atoms with E-state index in [1.807, 2.05) is 0 Å². The smallest absolute Gasteiger partial charge is 0.243 e. The van der Waals surface area contributed by atoms with Crippen LogP contribution in [0.5, 0.6) is 0 Å². The standard InChI is InChI=1S/C33H34ClFN6O3/c1-18(21-5-4-6-25(34)11-21)27(35)16-40-33(44)30-13-23-8-10-29(23)41(30)31(43)17-39-28-9-7-22(12-26(28)32(36)19(2)42)24-14-37-20(3)38-15-24/h4-7,9,11-12,14-15,23,29-30,36,39H,8,10,13,16-17H2,1-3H3,(H,40,44)/b27-18+,36-32?/t23-,29-,30+/m1/s1. The lowest BCUT2D eigenvalue weighted by atomic mass is 9.80. The number of nitrogens with zero attached hydrogens (tertiary/aromatic N) is 3. The second-order valence-corrected chi connectivity index (χ2v) is 11.7. The normalized spacial score (nSPS) is 19.4. The number of hydrogen-bond acceptors (Lipinski definition) is 7. The minimum atomic E-state index is -0.708. The first-order valence-corrected chi connectivity index (χ1v) is 14.9. The first kappa shape index (κ1) is 31.0. The number of aromatic nitrogens is 2. The van der Waals surface area contributed by atoms with Gasteiger partial charge in [0.2, 0.25) is 11.8 Å². The van der Waals surface area contributed by atoms with Gasteiger partial charge in [-0.1, -0.05) is 29.8 Å². The predicted molar refractivity (Wildman–Crippen MR) is 168 cm³/mol. The van der Waals surface area contributed by atoms with Crippen LogP contribution in [-0.4, -0.2) is 63.4 Å². The number of nitrogens with one attached hydrogen (secondary N) is 3. The van der Waals surface area contributed by atoms with Crippen molar-refractivity contribution in [1.29, 1.82) is 5.41 Å². The molecule has 3 aromatic rings. The van der Waals surface area contributed by atoms with Crippen LogP contribution < -0.4 is 10.6 Å². The number of carbonyl (C=O) groups is 3. The summed E-state index contributed by atoms with van der Waals surface area (Å²) in [5, 5.41) is 14.7. The summed E-state index contributed by atoms with van der Waals surface area (Å²) in [6, 6.07) is 11.3. The summed E-state index contributed by atoms with van der Waals surface area (Å²) in [6.45, 7) is 4.30. The molecule has 2 fully saturated rings. The van der Waals surface area contributed by atoms with Crippen molar-refractivity contribution in [3.8, 4) is 11.1 Å². The lowest BCUT2D eigenvalue weighted by Gasteiger charge is -2.37. The molecule has 228 valence electrons. The Kier molecular flexibility index (Phi) is 9.20. The van der Waals surface area contributed by atoms with Gasteiger partial charge in [0, 0.05) is 47.2 Å². The number of anilines is 1. The summed E-state index contributed by atoms with van der Waals surface area (Å²) < 4.78 is 15.0. The molecule has 2 heterocycles. The molecule has 1 aliphatic heterocycles. The number of aryl methyl sites for hydroxylation is 1. The number of likely N-dealkylation sites (tertiary alicyclic amines) is 1. The molecule has 0 radical (unpaired) electrons. The zero-order valence-corrected chi connectivity index (χ0v) is 25.5. The summed E-state index contributed by atoms with van der Waals surface area (Å²) in [5.74, 6) is -0.732. The molecule has 2 aromatic carbocycles. The van der Waals surface area contributed by atoms with E-state index in [9.17, 15) is 18.8 Å². The van der Waals surface area contributed by atoms with Crippen molar-refractivity contribution < 1.29 is 18.8 Å². The Morgan fingerprint density at radius 3 is 2.45 bits per heavy atom. The number of hydrogen-bond donors (Lipinski definition) is 3. The third kappa shape index (κ3) is 6.55. The van der Waals surface area contributed by atoms with Crippen LogP contribution in [0, 0.1) is 18.3 Å². The van der Waals surface area contributed by atoms with E-state index in [1.165, 1.54) is 6.92 Å². The average molecular weight is 617 g/mol. The Balaban J connectivity index is 1.29. The molecule has 1 saturated carbocycles. The van der Waals surface area contributed by atoms with Gasteiger partial charge >= 0.3 is 0 Å². The second kappa shape index (κ2) is 13.1. The molecule has 1 aromatic heterocycles. The summed E-state index contributed by atoms with van der Waals surface area (Å²) in [7, 11) is 0. The third-order valence-electron chi connectivity index (χ3n) is 8.45. The van der Waals surface area contributed by atoms with E-state index in [4.69, 9.17) is 17.0 Å². The highest BCUT2D eigenvalue weighted by atomic mass is 35.5. The number of rotatable bonds is 10. The summed E-state index contributed by atoms with van der Waals surface area (Å²) in [6.07, 6.45) is 5.59. The number of allylic oxidation sites excluding steroid dienone is 1. The molecule has 0 spiro atoms. The second-order valence-electron chi connectivity index (χ2n) is 11.3. The van der Waals surface area contributed by atoms with Crippen molar-refractivity contribution in [2.24, 2.45) is 5.92 Å². The van der Waals surface area contributed by atoms with Crippen molar-refractivity contribution in [1.82, 2.24) is 20.2 Å². The van der Waals surface area contributed by atoms with Gasteiger partial charge in [-0.15, -0.1) is 0 Å². The van der Waals surface area contributed by atoms with Crippen molar-refractivity contribution in [3.63, 3.8) is 0 Å². The minimum Gasteiger partial charge on any atom is -0.376 e. The lowest BCUT2D eigenvalue weighted by molar-refractivity contribution is -0.140. The predicted octanol–water partition coefficient (Wildman–Crippen LogP) is 5.37. The van der Waals surface area contributed by atoms with E-state index >= 15 is 0 Å². The minimum absolute atomic E-state index is 0.0486. The fourth-order valence-electron chi connectivity index (χ4n) is 5.79. The molecule has 9 nitrogen and oxygen atoms in total. The van der Waals surface area contributed by atoms with Crippen molar-refractivity contribution in [2.75, 3.05) is 18.4 Å². The SMILES string of the molecule is CC(=O)C(=N)c1cc(-c2cnc(C)nc2)ccc1NCC(=O)N1[C@@H]2CC[C@@H]2C[C@H]1C(=O)NC/C(F)=C(/C)c1cccc(Cl)c1. The van der Waals surface area contributed by atoms with Gasteiger partial charge < -0.3 is 15.5 Å². The molecule has 2 amide bonds. The van der Waals surface area contributed by atoms with Crippen LogP contribution in [-0.2, 0) is 14.4 Å². The monoisotopic (exact) mass is 616 g/mol. The van der Waals surface area contributed by atoms with E-state index in [2.05, 4.69) is 20.6 Å². The van der Waals surface area contributed by atoms with Gasteiger partial charge in [-0.2, -0.15) is 0 Å². The zero-order chi connectivity index (χ0) is 31.5. The van der Waals surface area contributed by atoms with Gasteiger partial charge in [0.1, 0.15) is 23.4 Å². The largest absolute Gasteiger partial charge is 0.376 e. The van der Waals surface area contributed by atoms with E-state index in [1.54, 1.807) is 73.6 Å². The quantitative estimate of drug-likeness (QED) is 0.263. The molecule has 44 heavy (non-hydrogen) atoms. The van der Waals surface area contributed by atoms with Crippen molar-refractivity contribution in [2.45, 2.75) is 52.1 Å². The highest BCUT2D eigenvalue weighted by Gasteiger charge is 2.50. The van der Waals surface area contributed by atoms with Crippen molar-refractivity contribution in [3.05, 3.63) is 82.7 Å². The Hall–Kier alpha value is -4.44. The highest BCUT2D eigenvalue weighted by molar-refractivity contribution is 6.45. The Morgan fingerprint density at radius 1 is 1.05 bits per heavy atom. The maximum Gasteiger partial charge on any atom is 0.243 e. The lowest BCUT2D eigenvalue weighted by Crippen LogP contribution is -2.52. The number of ketones is 1. The van der Waals surface area contributed by atoms with Gasteiger partial charge in [0.25, 0.3) is 0 Å². The third-order valence-corrected chi connectivity index (χ3v) is 8.69. The highest BCUT2D eigenvalue weighted by Crippen LogP contribution is 2.44. The molecule has 3 N–H and O–H groups in total. The van der Waals surface area contributed by atoms with Gasteiger partial charge in [-0.3, -0.25) is 19.8 Å². The molecule has 0 unspecified atom stereocenters. The first-order chi connectivity index (χ1) is 21.0. The first-order valence-electron chi connectivity index (χ1n) is 14.5. The Labute approximate surface area is 260 Å². The van der Waals surface area contributed by atoms with Crippen LogP contribution in [0.2, 0.25) is 5.02 Å². The maximum atomic E-state index is 15.0. The van der Waals surface area contributed by atoms with Crippen LogP contribution in [0.4, 0.5) is 10.1 Å². The maximum absolute atomic E-state index is 15.0. The van der Waals surface area contributed by atoms with E-state index < -0.39 is 23.6 Å². The summed E-state index contributed by atoms with van der Waals surface area (Å²) in [5.41, 5.74) is 3.06. The van der Waals surface area contributed by atoms with E-state index in [0.717, 1.165) is 24.0 Å². The molecular formula is C33H34ClFN6O3. The van der Waals surface area contributed by atoms with Crippen LogP contribution in [0.25, 0.3) is 16.7 Å². The molecule has 0 bridgehead atoms. The van der Waals surface area contributed by atoms with Crippen LogP contribution in [0.15, 0.2) is 60.7 Å². The Morgan fingerprint density at radius 2 is 1.80 bits per heavy atom. The van der Waals surface area contributed by atoms with Gasteiger partial charge in [0.15, 0.2) is 5.78 Å². The molecule has 11 heteroatoms. The summed E-state index contributed by atoms with van der Waals surface area (Å²) in [4.78, 5) is 49.1. The van der Waals surface area contributed by atoms with Crippen molar-refractivity contribution >= 4 is 46.2 Å². The van der Waals surface area contributed by atoms with E-state index in [0.29, 0.717) is 39.7 Å². The topological polar surface area (TPSA) is 128 Å². The molecule has 5 rings (SSSR count). The summed E-state index contributed by atoms with van der Waals surface area (Å²) >= 11 is 6.04. The number of amides is 2. The molecule has 1 saturated heterocycles. The van der Waals surface area contributed by atoms with Crippen LogP contribution in [0.3, 0.4) is 0 Å². The van der Waals surface area contributed by atoms with Crippen LogP contribution >= 0.6 is 11.6 Å². The molecular weight excluding hydrogens is 583 g/mol. The molecule has 1 aliphatic carbocycles. The fraction of sp³-hybridized carbons (Fsp3) is 0.333. The van der Waals surface area contributed by atoms with Gasteiger partial charge in [0.05, 0.1) is 13.1 Å². The average Bonchev–Trinajstić information content (AvgIpc) is 3.27. The number of halogens is 2. The zero-order valence-electron chi connectivity index (χ0n) is 24.8. The molecule has 3 atom stereocenters. The number of carbonyl (C=O) groups excluding carboxylic acids is 3. The fourth-order valence-corrected chi connectivity index (χ4v) is 5.98. The Bertz CT molecular complexity index is 1660. The van der Waals surface area contributed by atoms with Gasteiger partial charge in [-0.25, -0.2) is 14.4 Å². The molecule has 2 aliphatic rings. The van der Waals surface area contributed by atoms with Crippen LogP contribution in [0.1, 0.15) is 50.1 Å².